The number of hydrogen-bond acceptors (Lipinski definition) is 8. The van der Waals surface area contributed by atoms with Crippen LogP contribution < -0.4 is 14.8 Å². The average molecular weight is 456 g/mol. The second kappa shape index (κ2) is 9.36. The van der Waals surface area contributed by atoms with Gasteiger partial charge in [0, 0.05) is 6.07 Å². The van der Waals surface area contributed by atoms with E-state index in [1.165, 1.54) is 23.1 Å². The second-order valence-electron chi connectivity index (χ2n) is 6.54. The molecule has 0 aliphatic heterocycles. The molecule has 31 heavy (non-hydrogen) atoms. The fourth-order valence-corrected chi connectivity index (χ4v) is 4.68. The maximum atomic E-state index is 12.8. The Balaban J connectivity index is 1.47. The van der Waals surface area contributed by atoms with Crippen LogP contribution in [0.1, 0.15) is 13.3 Å². The number of anilines is 1. The molecule has 0 fully saturated rings. The van der Waals surface area contributed by atoms with Crippen molar-refractivity contribution in [3.05, 3.63) is 42.5 Å². The lowest BCUT2D eigenvalue weighted by atomic mass is 10.2. The van der Waals surface area contributed by atoms with Crippen molar-refractivity contribution in [1.29, 1.82) is 0 Å². The zero-order valence-electron chi connectivity index (χ0n) is 17.2. The summed E-state index contributed by atoms with van der Waals surface area (Å²) in [6, 6.07) is 13.3. The predicted molar refractivity (Wildman–Crippen MR) is 123 cm³/mol. The van der Waals surface area contributed by atoms with Crippen LogP contribution in [0.15, 0.2) is 47.6 Å². The third-order valence-corrected chi connectivity index (χ3v) is 6.70. The minimum atomic E-state index is -0.316. The Morgan fingerprint density at radius 2 is 2.03 bits per heavy atom. The van der Waals surface area contributed by atoms with Crippen LogP contribution in [0.2, 0.25) is 0 Å². The SMILES string of the molecule is CCC(Sc1nc2ccccc2[nH]1)C(=O)Nc1nnc(-c2ccc(OC)cc2OC)s1. The Labute approximate surface area is 187 Å². The number of carbonyl (C=O) groups excluding carboxylic acids is 1. The molecule has 160 valence electrons. The number of benzene rings is 2. The fraction of sp³-hybridized carbons (Fsp3) is 0.238. The summed E-state index contributed by atoms with van der Waals surface area (Å²) >= 11 is 2.69. The van der Waals surface area contributed by atoms with E-state index in [4.69, 9.17) is 9.47 Å². The highest BCUT2D eigenvalue weighted by atomic mass is 32.2. The van der Waals surface area contributed by atoms with Gasteiger partial charge in [-0.05, 0) is 30.7 Å². The number of para-hydroxylation sites is 2. The van der Waals surface area contributed by atoms with Gasteiger partial charge >= 0.3 is 0 Å². The number of H-pyrrole nitrogens is 1. The first kappa shape index (κ1) is 21.1. The number of carbonyl (C=O) groups is 1. The van der Waals surface area contributed by atoms with Gasteiger partial charge in [-0.1, -0.05) is 42.2 Å². The number of fused-ring (bicyclic) bond motifs is 1. The van der Waals surface area contributed by atoms with Crippen molar-refractivity contribution in [1.82, 2.24) is 20.2 Å². The summed E-state index contributed by atoms with van der Waals surface area (Å²) in [5.74, 6) is 1.17. The van der Waals surface area contributed by atoms with Crippen LogP contribution in [-0.2, 0) is 4.79 Å². The van der Waals surface area contributed by atoms with Crippen LogP contribution in [0.4, 0.5) is 5.13 Å². The van der Waals surface area contributed by atoms with E-state index in [9.17, 15) is 4.79 Å². The summed E-state index contributed by atoms with van der Waals surface area (Å²) in [4.78, 5) is 20.6. The van der Waals surface area contributed by atoms with Gasteiger partial charge in [-0.3, -0.25) is 10.1 Å². The van der Waals surface area contributed by atoms with E-state index in [0.29, 0.717) is 33.2 Å². The standard InChI is InChI=1S/C21H21N5O3S2/c1-4-17(30-20-22-14-7-5-6-8-15(14)23-20)18(27)24-21-26-25-19(31-21)13-10-9-12(28-2)11-16(13)29-3/h5-11,17H,4H2,1-3H3,(H,22,23)(H,24,26,27). The van der Waals surface area contributed by atoms with E-state index in [1.54, 1.807) is 20.3 Å². The Bertz CT molecular complexity index is 1170. The van der Waals surface area contributed by atoms with E-state index in [0.717, 1.165) is 16.6 Å². The molecule has 2 aromatic heterocycles. The van der Waals surface area contributed by atoms with Gasteiger partial charge in [0.15, 0.2) is 10.2 Å². The highest BCUT2D eigenvalue weighted by molar-refractivity contribution is 8.00. The quantitative estimate of drug-likeness (QED) is 0.374. The van der Waals surface area contributed by atoms with E-state index in [2.05, 4.69) is 25.5 Å². The molecule has 0 aliphatic carbocycles. The Hall–Kier alpha value is -3.11. The topological polar surface area (TPSA) is 102 Å². The van der Waals surface area contributed by atoms with Crippen LogP contribution in [0, 0.1) is 0 Å². The number of aromatic amines is 1. The first-order chi connectivity index (χ1) is 15.1. The third kappa shape index (κ3) is 4.64. The molecule has 0 aliphatic rings. The molecule has 4 rings (SSSR count). The molecule has 2 heterocycles. The molecule has 0 spiro atoms. The lowest BCUT2D eigenvalue weighted by molar-refractivity contribution is -0.115. The van der Waals surface area contributed by atoms with E-state index < -0.39 is 0 Å². The maximum absolute atomic E-state index is 12.8. The molecule has 8 nitrogen and oxygen atoms in total. The molecule has 0 bridgehead atoms. The van der Waals surface area contributed by atoms with Crippen molar-refractivity contribution in [3.8, 4) is 22.1 Å². The molecule has 2 aromatic carbocycles. The van der Waals surface area contributed by atoms with Crippen LogP contribution >= 0.6 is 23.1 Å². The minimum absolute atomic E-state index is 0.141. The van der Waals surface area contributed by atoms with Gasteiger partial charge in [0.25, 0.3) is 0 Å². The molecule has 2 N–H and O–H groups in total. The molecule has 1 atom stereocenters. The molecule has 0 saturated carbocycles. The van der Waals surface area contributed by atoms with Crippen LogP contribution in [0.25, 0.3) is 21.6 Å². The number of thioether (sulfide) groups is 1. The smallest absolute Gasteiger partial charge is 0.239 e. The van der Waals surface area contributed by atoms with Gasteiger partial charge in [-0.2, -0.15) is 0 Å². The van der Waals surface area contributed by atoms with Crippen molar-refractivity contribution in [2.45, 2.75) is 23.8 Å². The number of methoxy groups -OCH3 is 2. The minimum Gasteiger partial charge on any atom is -0.497 e. The first-order valence-corrected chi connectivity index (χ1v) is 11.3. The Morgan fingerprint density at radius 3 is 2.77 bits per heavy atom. The molecular weight excluding hydrogens is 434 g/mol. The summed E-state index contributed by atoms with van der Waals surface area (Å²) in [6.07, 6.45) is 0.644. The molecule has 10 heteroatoms. The van der Waals surface area contributed by atoms with Crippen molar-refractivity contribution in [2.24, 2.45) is 0 Å². The predicted octanol–water partition coefficient (Wildman–Crippen LogP) is 4.61. The highest BCUT2D eigenvalue weighted by Gasteiger charge is 2.22. The second-order valence-corrected chi connectivity index (χ2v) is 8.71. The lowest BCUT2D eigenvalue weighted by Gasteiger charge is -2.11. The fourth-order valence-electron chi connectivity index (χ4n) is 2.99. The largest absolute Gasteiger partial charge is 0.497 e. The highest BCUT2D eigenvalue weighted by Crippen LogP contribution is 2.36. The summed E-state index contributed by atoms with van der Waals surface area (Å²) in [5, 5.41) is 12.7. The molecule has 1 amide bonds. The number of aromatic nitrogens is 4. The molecular formula is C21H21N5O3S2. The average Bonchev–Trinajstić information content (AvgIpc) is 3.43. The van der Waals surface area contributed by atoms with Gasteiger partial charge < -0.3 is 14.5 Å². The van der Waals surface area contributed by atoms with Crippen LogP contribution in [0.5, 0.6) is 11.5 Å². The molecule has 0 radical (unpaired) electrons. The van der Waals surface area contributed by atoms with Crippen molar-refractivity contribution in [3.63, 3.8) is 0 Å². The normalized spacial score (nSPS) is 12.0. The van der Waals surface area contributed by atoms with Crippen molar-refractivity contribution < 1.29 is 14.3 Å². The van der Waals surface area contributed by atoms with Gasteiger partial charge in [0.1, 0.15) is 11.5 Å². The number of hydrogen-bond donors (Lipinski definition) is 2. The maximum Gasteiger partial charge on any atom is 0.239 e. The number of imidazole rings is 1. The number of ether oxygens (including phenoxy) is 2. The number of rotatable bonds is 8. The van der Waals surface area contributed by atoms with Gasteiger partial charge in [0.2, 0.25) is 11.0 Å². The Morgan fingerprint density at radius 1 is 1.19 bits per heavy atom. The summed E-state index contributed by atoms with van der Waals surface area (Å²) in [5.41, 5.74) is 2.61. The van der Waals surface area contributed by atoms with E-state index in [-0.39, 0.29) is 11.2 Å². The van der Waals surface area contributed by atoms with Crippen molar-refractivity contribution in [2.75, 3.05) is 19.5 Å². The molecule has 0 saturated heterocycles. The zero-order valence-corrected chi connectivity index (χ0v) is 18.8. The van der Waals surface area contributed by atoms with Gasteiger partial charge in [-0.25, -0.2) is 4.98 Å². The molecule has 4 aromatic rings. The van der Waals surface area contributed by atoms with E-state index >= 15 is 0 Å². The number of amides is 1. The lowest BCUT2D eigenvalue weighted by Crippen LogP contribution is -2.24. The van der Waals surface area contributed by atoms with Gasteiger partial charge in [-0.15, -0.1) is 10.2 Å². The number of nitrogens with zero attached hydrogens (tertiary/aromatic N) is 3. The summed E-state index contributed by atoms with van der Waals surface area (Å²) < 4.78 is 10.7. The first-order valence-electron chi connectivity index (χ1n) is 9.59. The third-order valence-electron chi connectivity index (χ3n) is 4.58. The van der Waals surface area contributed by atoms with Crippen LogP contribution in [-0.4, -0.2) is 45.5 Å². The zero-order chi connectivity index (χ0) is 21.8. The summed E-state index contributed by atoms with van der Waals surface area (Å²) in [7, 11) is 3.18. The molecule has 1 unspecified atom stereocenters. The van der Waals surface area contributed by atoms with Crippen LogP contribution in [0.3, 0.4) is 0 Å². The summed E-state index contributed by atoms with van der Waals surface area (Å²) in [6.45, 7) is 1.97. The number of nitrogens with one attached hydrogen (secondary N) is 2. The monoisotopic (exact) mass is 455 g/mol. The van der Waals surface area contributed by atoms with Gasteiger partial charge in [0.05, 0.1) is 36.1 Å². The Kier molecular flexibility index (Phi) is 6.38. The van der Waals surface area contributed by atoms with E-state index in [1.807, 2.05) is 43.3 Å². The van der Waals surface area contributed by atoms with Crippen molar-refractivity contribution >= 4 is 45.2 Å².